The molecule has 18 nitrogen and oxygen atoms in total. The number of allylic oxidation sites excluding steroid dienone is 1. The van der Waals surface area contributed by atoms with E-state index in [-0.39, 0.29) is 30.1 Å². The fraction of sp³-hybridized carbons (Fsp3) is 0.407. The second-order valence-corrected chi connectivity index (χ2v) is 22.8. The molecule has 4 aliphatic rings. The van der Waals surface area contributed by atoms with E-state index in [1.807, 2.05) is 140 Å². The maximum atomic E-state index is 13.9. The topological polar surface area (TPSA) is 198 Å². The summed E-state index contributed by atoms with van der Waals surface area (Å²) in [4.78, 5) is 66.1. The standard InChI is InChI=1S/C30H35N5O3.C29H34ClN5O3.Mn.2O/c1-19-9-10-22-23(16-19)24(28(36)25-20(2)33(6)18-32-25)17-21-8-7-11-31-26(21)27(22)34-12-14-35(15-13-34)29(37)38-30(3,4)5;1-18-24(32-17-33(18)5)27(36)23-15-19-7-6-10-31-25(19)26(21-9-8-20(30)16-22(21)23)34-11-13-35(14-12-34)28(37)38-29(2,3)4;;;/h7-11,16-18,27H,12-15H2,1-6H3;6-10,15-17,26-27,36H,11-14H2,1-5H3;;;/t27-;26-,27?;;;/m00.../s1. The van der Waals surface area contributed by atoms with Crippen LogP contribution in [0.15, 0.2) is 85.7 Å². The number of halogens is 1. The van der Waals surface area contributed by atoms with Gasteiger partial charge in [-0.3, -0.25) is 24.6 Å². The number of pyridine rings is 2. The molecule has 0 bridgehead atoms. The minimum atomic E-state index is -1.44. The van der Waals surface area contributed by atoms with Crippen molar-refractivity contribution in [2.45, 2.75) is 91.7 Å². The zero-order valence-electron chi connectivity index (χ0n) is 46.7. The molecule has 1 N–H and O–H groups in total. The predicted molar refractivity (Wildman–Crippen MR) is 296 cm³/mol. The number of aryl methyl sites for hydroxylation is 3. The molecule has 0 spiro atoms. The summed E-state index contributed by atoms with van der Waals surface area (Å²) in [5.74, 6) is -0.0971. The summed E-state index contributed by atoms with van der Waals surface area (Å²) in [6.45, 7) is 22.0. The van der Waals surface area contributed by atoms with E-state index in [9.17, 15) is 19.5 Å². The number of rotatable bonds is 6. The molecular formula is C59H69ClMnN10O8. The van der Waals surface area contributed by atoms with Crippen LogP contribution in [0.4, 0.5) is 9.59 Å². The number of ether oxygens (including phenoxy) is 2. The zero-order chi connectivity index (χ0) is 57.1. The molecule has 2 saturated heterocycles. The Morgan fingerprint density at radius 1 is 0.646 bits per heavy atom. The molecule has 2 aliphatic carbocycles. The number of fused-ring (bicyclic) bond motifs is 4. The number of Topliss-reactive ketones (excluding diaryl/α,β-unsaturated/α-hetero) is 1. The third-order valence-corrected chi connectivity index (χ3v) is 14.7. The molecule has 0 radical (unpaired) electrons. The number of carbonyl (C=O) groups is 3. The van der Waals surface area contributed by atoms with Crippen LogP contribution in [0.1, 0.15) is 138 Å². The molecule has 2 aromatic carbocycles. The van der Waals surface area contributed by atoms with Crippen molar-refractivity contribution in [1.29, 1.82) is 0 Å². The first-order valence-electron chi connectivity index (χ1n) is 26.2. The van der Waals surface area contributed by atoms with Gasteiger partial charge in [0.15, 0.2) is 0 Å². The van der Waals surface area contributed by atoms with Gasteiger partial charge in [-0.15, -0.1) is 0 Å². The van der Waals surface area contributed by atoms with Crippen LogP contribution in [0.2, 0.25) is 5.02 Å². The van der Waals surface area contributed by atoms with Crippen LogP contribution >= 0.6 is 11.6 Å². The van der Waals surface area contributed by atoms with Gasteiger partial charge in [-0.05, 0) is 138 Å². The summed E-state index contributed by atoms with van der Waals surface area (Å²) < 4.78 is 31.8. The number of piperazine rings is 2. The summed E-state index contributed by atoms with van der Waals surface area (Å²) in [5, 5.41) is 12.2. The number of benzene rings is 2. The molecular weight excluding hydrogens is 1070 g/mol. The van der Waals surface area contributed by atoms with Crippen LogP contribution in [-0.2, 0) is 46.1 Å². The molecule has 2 amide bonds. The summed E-state index contributed by atoms with van der Waals surface area (Å²) in [7, 11) is 3.81. The van der Waals surface area contributed by atoms with E-state index in [1.54, 1.807) is 34.8 Å². The van der Waals surface area contributed by atoms with Gasteiger partial charge in [-0.1, -0.05) is 53.6 Å². The number of hydrogen-bond donors (Lipinski definition) is 1. The monoisotopic (exact) mass is 1140 g/mol. The number of aromatic nitrogens is 6. The Morgan fingerprint density at radius 3 is 1.61 bits per heavy atom. The molecule has 6 heterocycles. The summed E-state index contributed by atoms with van der Waals surface area (Å²) in [6.07, 6.45) is 9.46. The van der Waals surface area contributed by atoms with E-state index in [0.29, 0.717) is 74.3 Å². The van der Waals surface area contributed by atoms with Crippen LogP contribution in [0.5, 0.6) is 0 Å². The fourth-order valence-electron chi connectivity index (χ4n) is 10.4. The Bertz CT molecular complexity index is 3350. The Kier molecular flexibility index (Phi) is 17.9. The van der Waals surface area contributed by atoms with Crippen molar-refractivity contribution in [3.63, 3.8) is 0 Å². The summed E-state index contributed by atoms with van der Waals surface area (Å²) in [6, 6.07) is 19.6. The number of nitrogens with zero attached hydrogens (tertiary/aromatic N) is 10. The molecule has 1 unspecified atom stereocenters. The number of hydrogen-bond acceptors (Lipinski definition) is 14. The molecule has 0 saturated carbocycles. The number of aliphatic hydroxyl groups is 1. The molecule has 6 aromatic rings. The van der Waals surface area contributed by atoms with E-state index in [2.05, 4.69) is 38.0 Å². The molecule has 20 heteroatoms. The minimum absolute atomic E-state index is 0.0971. The van der Waals surface area contributed by atoms with Gasteiger partial charge in [0.1, 0.15) is 23.0 Å². The van der Waals surface area contributed by atoms with Gasteiger partial charge in [0, 0.05) is 101 Å². The Balaban J connectivity index is 0.000000198. The average molecular weight is 1140 g/mol. The van der Waals surface area contributed by atoms with Crippen LogP contribution in [-0.4, -0.2) is 135 Å². The van der Waals surface area contributed by atoms with E-state index < -0.39 is 32.1 Å². The van der Waals surface area contributed by atoms with Crippen molar-refractivity contribution in [3.8, 4) is 0 Å². The van der Waals surface area contributed by atoms with Crippen LogP contribution in [0.3, 0.4) is 0 Å². The van der Waals surface area contributed by atoms with Gasteiger partial charge in [0.25, 0.3) is 0 Å². The SMILES string of the molecule is Cc1c(C(O)C2=Cc3cccnc3[C@@H](N3CCN(C(=O)OC(C)(C)C)CC3)c3ccc(Cl)cc32)ncn1C.Cc1ccc2c(c1)C(C(=O)c1ncn(C)c1C)=Cc1cccnc1[C@H]2N1CCN(C(=O)OC(C)(C)C)CC1.[O]=[Mn]=[O]. The van der Waals surface area contributed by atoms with E-state index in [0.717, 1.165) is 67.3 Å². The Labute approximate surface area is 472 Å². The summed E-state index contributed by atoms with van der Waals surface area (Å²) in [5.41, 5.74) is 11.6. The van der Waals surface area contributed by atoms with Crippen molar-refractivity contribution in [3.05, 3.63) is 164 Å². The van der Waals surface area contributed by atoms with Gasteiger partial charge in [-0.2, -0.15) is 0 Å². The van der Waals surface area contributed by atoms with Crippen LogP contribution < -0.4 is 0 Å². The average Bonchev–Trinajstić information content (AvgIpc) is 3.97. The van der Waals surface area contributed by atoms with Crippen molar-refractivity contribution in [2.24, 2.45) is 14.1 Å². The van der Waals surface area contributed by atoms with Gasteiger partial charge < -0.3 is 33.5 Å². The van der Waals surface area contributed by atoms with E-state index >= 15 is 0 Å². The second-order valence-electron chi connectivity index (χ2n) is 22.2. The molecule has 2 fully saturated rings. The maximum absolute atomic E-state index is 13.9. The zero-order valence-corrected chi connectivity index (χ0v) is 48.6. The fourth-order valence-corrected chi connectivity index (χ4v) is 10.6. The van der Waals surface area contributed by atoms with Crippen LogP contribution in [0.25, 0.3) is 23.3 Å². The van der Waals surface area contributed by atoms with Gasteiger partial charge in [-0.25, -0.2) is 19.6 Å². The quantitative estimate of drug-likeness (QED) is 0.122. The van der Waals surface area contributed by atoms with Crippen molar-refractivity contribution in [1.82, 2.24) is 48.7 Å². The second kappa shape index (κ2) is 24.2. The molecule has 10 rings (SSSR count). The van der Waals surface area contributed by atoms with E-state index in [4.69, 9.17) is 38.7 Å². The summed E-state index contributed by atoms with van der Waals surface area (Å²) >= 11 is 5.08. The first-order chi connectivity index (χ1) is 37.5. The van der Waals surface area contributed by atoms with Crippen molar-refractivity contribution in [2.75, 3.05) is 52.4 Å². The predicted octanol–water partition coefficient (Wildman–Crippen LogP) is 9.58. The Morgan fingerprint density at radius 2 is 1.13 bits per heavy atom. The first kappa shape index (κ1) is 58.3. The molecule has 4 aromatic heterocycles. The number of amides is 2. The number of carbonyl (C=O) groups excluding carboxylic acids is 3. The van der Waals surface area contributed by atoms with Gasteiger partial charge in [0.2, 0.25) is 5.78 Å². The molecule has 79 heavy (non-hydrogen) atoms. The van der Waals surface area contributed by atoms with Crippen molar-refractivity contribution < 1.29 is 51.5 Å². The van der Waals surface area contributed by atoms with Crippen molar-refractivity contribution >= 4 is 52.9 Å². The number of imidazole rings is 2. The third-order valence-electron chi connectivity index (χ3n) is 14.5. The third kappa shape index (κ3) is 13.1. The van der Waals surface area contributed by atoms with Gasteiger partial charge >= 0.3 is 34.7 Å². The molecule has 3 atom stereocenters. The molecule has 417 valence electrons. The first-order valence-corrected chi connectivity index (χ1v) is 27.6. The van der Waals surface area contributed by atoms with Gasteiger partial charge in [0.05, 0.1) is 41.8 Å². The normalized spacial score (nSPS) is 17.7. The molecule has 2 aliphatic heterocycles. The van der Waals surface area contributed by atoms with E-state index in [1.165, 1.54) is 0 Å². The van der Waals surface area contributed by atoms with Crippen LogP contribution in [0, 0.1) is 20.8 Å². The number of aliphatic hydroxyl groups excluding tert-OH is 1. The number of ketones is 1. The Hall–Kier alpha value is -6.86.